The van der Waals surface area contributed by atoms with Gasteiger partial charge in [0.1, 0.15) is 0 Å². The number of amides is 2. The Morgan fingerprint density at radius 3 is 1.07 bits per heavy atom. The number of imide groups is 1. The van der Waals surface area contributed by atoms with E-state index >= 15 is 0 Å². The summed E-state index contributed by atoms with van der Waals surface area (Å²) in [5.74, 6) is -0.149. The number of allylic oxidation sites excluding steroid dienone is 2. The molecule has 3 atom stereocenters. The molecule has 1 heterocycles. The number of aliphatic hydroxyl groups excluding tert-OH is 1. The molecule has 0 bridgehead atoms. The normalized spacial score (nSPS) is 15.3. The van der Waals surface area contributed by atoms with Crippen molar-refractivity contribution in [2.45, 2.75) is 244 Å². The van der Waals surface area contributed by atoms with E-state index < -0.39 is 23.5 Å². The summed E-state index contributed by atoms with van der Waals surface area (Å²) in [7, 11) is 3.28. The minimum atomic E-state index is -4.05. The second-order valence-electron chi connectivity index (χ2n) is 23.4. The molecular formula is C57H118F3NO8. The molecule has 0 aromatic heterocycles. The van der Waals surface area contributed by atoms with Crippen LogP contribution in [0.4, 0.5) is 13.2 Å². The van der Waals surface area contributed by atoms with Crippen LogP contribution in [-0.4, -0.2) is 77.5 Å². The third-order valence-corrected chi connectivity index (χ3v) is 12.3. The fraction of sp³-hybridized carbons (Fsp3) is 0.895. The molecule has 1 aliphatic rings. The van der Waals surface area contributed by atoms with Gasteiger partial charge in [-0.3, -0.25) is 24.1 Å². The van der Waals surface area contributed by atoms with E-state index in [4.69, 9.17) is 20.1 Å². The van der Waals surface area contributed by atoms with Gasteiger partial charge in [0.15, 0.2) is 0 Å². The van der Waals surface area contributed by atoms with E-state index in [0.717, 1.165) is 37.7 Å². The van der Waals surface area contributed by atoms with Crippen molar-refractivity contribution < 1.29 is 52.4 Å². The van der Waals surface area contributed by atoms with Crippen LogP contribution in [0.15, 0.2) is 12.2 Å². The third-order valence-electron chi connectivity index (χ3n) is 12.3. The number of carboxylic acid groups (broad SMARTS) is 2. The van der Waals surface area contributed by atoms with Crippen molar-refractivity contribution in [1.82, 2.24) is 4.90 Å². The predicted molar refractivity (Wildman–Crippen MR) is 290 cm³/mol. The number of likely N-dealkylation sites (tertiary alicyclic amines) is 1. The van der Waals surface area contributed by atoms with Crippen LogP contribution in [0.2, 0.25) is 0 Å². The van der Waals surface area contributed by atoms with Gasteiger partial charge in [-0.2, -0.15) is 13.2 Å². The fourth-order valence-electron chi connectivity index (χ4n) is 3.18. The van der Waals surface area contributed by atoms with Crippen LogP contribution < -0.4 is 0 Å². The van der Waals surface area contributed by atoms with Crippen LogP contribution >= 0.6 is 0 Å². The van der Waals surface area contributed by atoms with Crippen LogP contribution in [0.5, 0.6) is 0 Å². The molecule has 69 heavy (non-hydrogen) atoms. The second kappa shape index (κ2) is 43.1. The predicted octanol–water partition coefficient (Wildman–Crippen LogP) is 17.1. The van der Waals surface area contributed by atoms with Crippen LogP contribution in [-0.2, 0) is 23.9 Å². The summed E-state index contributed by atoms with van der Waals surface area (Å²) >= 11 is 0. The van der Waals surface area contributed by atoms with E-state index in [1.54, 1.807) is 27.9 Å². The summed E-state index contributed by atoms with van der Waals surface area (Å²) in [6, 6.07) is 0. The van der Waals surface area contributed by atoms with Crippen LogP contribution in [0.25, 0.3) is 0 Å². The van der Waals surface area contributed by atoms with Crippen molar-refractivity contribution >= 4 is 23.8 Å². The van der Waals surface area contributed by atoms with E-state index in [1.807, 2.05) is 48.5 Å². The molecule has 3 N–H and O–H groups in total. The summed E-state index contributed by atoms with van der Waals surface area (Å²) in [4.78, 5) is 43.6. The van der Waals surface area contributed by atoms with Crippen LogP contribution in [0, 0.1) is 62.6 Å². The molecule has 2 amide bonds. The standard InChI is InChI=1S/C7H11NO2.C7H14O2.C7H16O.C7H14.C6H11F3.C6H12O2.C6H14O.C6H14.C5H12/c1-4-5(2)7(10)8(3)6(4)9;1-4-7(2,3)5-6(8)9;1-5-7(2,3)6-8-4;1-4-5-6-7(2)3;1-4-5(2,3)6(7,8)9;1-4(2)5(3)6(7)8;1-4-6(2,3)5-7;1-5-6(2,3)4;1-4-5(2)3/h4-5H,1-3H3;4-5H2,1-3H3,(H,8,9);5-6H2,1-4H3;5-7H,4H2,1-3H3;4H2,1-3H3;4-5H,1-3H3,(H,7,8);7H,4-5H2,1-3H3;5H2,1-4H3;5H,4H2,1-3H3. The molecule has 1 fully saturated rings. The van der Waals surface area contributed by atoms with Gasteiger partial charge >= 0.3 is 18.1 Å². The highest BCUT2D eigenvalue weighted by molar-refractivity contribution is 6.04. The number of aliphatic hydroxyl groups is 1. The average Bonchev–Trinajstić information content (AvgIpc) is 3.40. The molecule has 9 nitrogen and oxygen atoms in total. The highest BCUT2D eigenvalue weighted by atomic mass is 19.4. The minimum absolute atomic E-state index is 0.0359. The number of carbonyl (C=O) groups excluding carboxylic acids is 2. The van der Waals surface area contributed by atoms with E-state index in [-0.39, 0.29) is 59.2 Å². The highest BCUT2D eigenvalue weighted by Gasteiger charge is 2.45. The molecule has 1 saturated heterocycles. The molecule has 1 rings (SSSR count). The van der Waals surface area contributed by atoms with Gasteiger partial charge in [-0.1, -0.05) is 218 Å². The largest absolute Gasteiger partial charge is 0.481 e. The Morgan fingerprint density at radius 2 is 1.01 bits per heavy atom. The van der Waals surface area contributed by atoms with Crippen molar-refractivity contribution in [3.05, 3.63) is 12.2 Å². The minimum Gasteiger partial charge on any atom is -0.481 e. The Labute approximate surface area is 426 Å². The number of methoxy groups -OCH3 is 1. The van der Waals surface area contributed by atoms with E-state index in [9.17, 15) is 32.3 Å². The second-order valence-corrected chi connectivity index (χ2v) is 23.4. The molecule has 420 valence electrons. The van der Waals surface area contributed by atoms with Gasteiger partial charge in [-0.15, -0.1) is 0 Å². The lowest BCUT2D eigenvalue weighted by Crippen LogP contribution is -2.30. The zero-order valence-electron chi connectivity index (χ0n) is 50.7. The number of rotatable bonds is 14. The number of carbonyl (C=O) groups is 4. The number of aliphatic carboxylic acids is 2. The van der Waals surface area contributed by atoms with Crippen molar-refractivity contribution in [3.63, 3.8) is 0 Å². The molecule has 0 radical (unpaired) electrons. The first-order chi connectivity index (χ1) is 30.7. The number of alkyl halides is 3. The molecule has 0 aliphatic carbocycles. The summed E-state index contributed by atoms with van der Waals surface area (Å²) in [6.45, 7) is 55.0. The molecule has 0 aromatic rings. The molecule has 0 saturated carbocycles. The van der Waals surface area contributed by atoms with Crippen molar-refractivity contribution in [2.24, 2.45) is 62.6 Å². The molecule has 1 aliphatic heterocycles. The lowest BCUT2D eigenvalue weighted by molar-refractivity contribution is -0.212. The lowest BCUT2D eigenvalue weighted by atomic mass is 9.87. The van der Waals surface area contributed by atoms with Gasteiger partial charge in [-0.25, -0.2) is 0 Å². The summed E-state index contributed by atoms with van der Waals surface area (Å²) in [5.41, 5.74) is -0.506. The van der Waals surface area contributed by atoms with Gasteiger partial charge in [0.2, 0.25) is 11.8 Å². The zero-order valence-corrected chi connectivity index (χ0v) is 50.7. The lowest BCUT2D eigenvalue weighted by Gasteiger charge is -2.25. The van der Waals surface area contributed by atoms with Gasteiger partial charge in [0.05, 0.1) is 24.4 Å². The Balaban J connectivity index is -0.000000102. The number of carboxylic acids is 2. The fourth-order valence-corrected chi connectivity index (χ4v) is 3.18. The van der Waals surface area contributed by atoms with E-state index in [0.29, 0.717) is 17.4 Å². The summed E-state index contributed by atoms with van der Waals surface area (Å²) < 4.78 is 40.5. The molecule has 0 aromatic carbocycles. The molecular weight excluding hydrogens is 884 g/mol. The van der Waals surface area contributed by atoms with E-state index in [2.05, 4.69) is 109 Å². The highest BCUT2D eigenvalue weighted by Crippen LogP contribution is 2.39. The monoisotopic (exact) mass is 1000 g/mol. The Hall–Kier alpha value is -2.47. The molecule has 3 unspecified atom stereocenters. The maximum atomic E-state index is 11.8. The summed E-state index contributed by atoms with van der Waals surface area (Å²) in [5, 5.41) is 25.3. The van der Waals surface area contributed by atoms with Gasteiger partial charge < -0.3 is 20.1 Å². The maximum absolute atomic E-state index is 11.8. The smallest absolute Gasteiger partial charge is 0.393 e. The maximum Gasteiger partial charge on any atom is 0.393 e. The first-order valence-electron chi connectivity index (χ1n) is 25.8. The Kier molecular flexibility index (Phi) is 52.1. The first-order valence-corrected chi connectivity index (χ1v) is 25.8. The number of hydrogen-bond acceptors (Lipinski definition) is 6. The van der Waals surface area contributed by atoms with Crippen molar-refractivity contribution in [3.8, 4) is 0 Å². The van der Waals surface area contributed by atoms with Crippen molar-refractivity contribution in [1.29, 1.82) is 0 Å². The number of nitrogens with zero attached hydrogens (tertiary/aromatic N) is 1. The number of ether oxygens (including phenoxy) is 1. The SMILES string of the molecule is CC(C)C(C)C(=O)O.CC1C(=O)N(C)C(=O)C1C.CCC(C)(C)C.CCC(C)(C)C(F)(F)F.CCC(C)(C)CC(=O)O.CCC(C)(C)CO.CCC(C)(C)COC.CCC(C)C.CCC=CC(C)C. The van der Waals surface area contributed by atoms with Gasteiger partial charge in [0.25, 0.3) is 0 Å². The quantitative estimate of drug-likeness (QED) is 0.115. The number of hydrogen-bond donors (Lipinski definition) is 3. The van der Waals surface area contributed by atoms with E-state index in [1.165, 1.54) is 52.0 Å². The van der Waals surface area contributed by atoms with Crippen LogP contribution in [0.3, 0.4) is 0 Å². The first kappa shape index (κ1) is 83.4. The topological polar surface area (TPSA) is 141 Å². The Bertz CT molecular complexity index is 1250. The van der Waals surface area contributed by atoms with Crippen molar-refractivity contribution in [2.75, 3.05) is 27.4 Å². The molecule has 0 spiro atoms. The average molecular weight is 1000 g/mol. The van der Waals surface area contributed by atoms with Gasteiger partial charge in [-0.05, 0) is 65.1 Å². The van der Waals surface area contributed by atoms with Crippen LogP contribution in [0.1, 0.15) is 238 Å². The zero-order chi connectivity index (χ0) is 57.5. The Morgan fingerprint density at radius 1 is 0.667 bits per heavy atom. The third kappa shape index (κ3) is 58.0. The molecule has 12 heteroatoms. The number of halogens is 3. The summed E-state index contributed by atoms with van der Waals surface area (Å²) in [6.07, 6.45) is 7.65. The van der Waals surface area contributed by atoms with Gasteiger partial charge in [0, 0.05) is 32.6 Å².